The first kappa shape index (κ1) is 22.6. The van der Waals surface area contributed by atoms with E-state index in [0.717, 1.165) is 16.9 Å². The molecule has 1 aromatic heterocycles. The second-order valence-electron chi connectivity index (χ2n) is 6.28. The van der Waals surface area contributed by atoms with Crippen LogP contribution in [-0.2, 0) is 6.54 Å². The van der Waals surface area contributed by atoms with Crippen molar-refractivity contribution in [1.29, 1.82) is 0 Å². The van der Waals surface area contributed by atoms with E-state index in [1.807, 2.05) is 0 Å². The standard InChI is InChI=1S/C21H16Cl2N2O5S/c1-30-16-7-2-11(8-15(16)22)10-24-19(27)14-9-17(23)31-20(14)25-18(26)12-3-5-13(6-4-12)21(28)29/h2-9H,10H2,1H3,(H,24,27)(H,25,26)(H,28,29). The number of carbonyl (C=O) groups excluding carboxylic acids is 2. The second-order valence-corrected chi connectivity index (χ2v) is 8.37. The lowest BCUT2D eigenvalue weighted by Crippen LogP contribution is -2.24. The molecule has 0 aliphatic carbocycles. The average Bonchev–Trinajstić information content (AvgIpc) is 3.12. The van der Waals surface area contributed by atoms with E-state index in [0.29, 0.717) is 15.1 Å². The molecule has 160 valence electrons. The lowest BCUT2D eigenvalue weighted by Gasteiger charge is -2.09. The predicted octanol–water partition coefficient (Wildman–Crippen LogP) is 4.94. The van der Waals surface area contributed by atoms with Crippen molar-refractivity contribution in [3.8, 4) is 5.75 Å². The minimum atomic E-state index is -1.09. The van der Waals surface area contributed by atoms with Crippen LogP contribution < -0.4 is 15.4 Å². The molecule has 0 aliphatic heterocycles. The largest absolute Gasteiger partial charge is 0.495 e. The SMILES string of the molecule is COc1ccc(CNC(=O)c2cc(Cl)sc2NC(=O)c2ccc(C(=O)O)cc2)cc1Cl. The molecule has 7 nitrogen and oxygen atoms in total. The van der Waals surface area contributed by atoms with E-state index in [-0.39, 0.29) is 28.2 Å². The molecule has 0 saturated carbocycles. The molecule has 31 heavy (non-hydrogen) atoms. The van der Waals surface area contributed by atoms with Gasteiger partial charge in [0, 0.05) is 12.1 Å². The first-order chi connectivity index (χ1) is 14.8. The van der Waals surface area contributed by atoms with E-state index in [2.05, 4.69) is 10.6 Å². The summed E-state index contributed by atoms with van der Waals surface area (Å²) < 4.78 is 5.43. The maximum Gasteiger partial charge on any atom is 0.335 e. The van der Waals surface area contributed by atoms with Crippen LogP contribution in [0.15, 0.2) is 48.5 Å². The Morgan fingerprint density at radius 1 is 1.00 bits per heavy atom. The number of rotatable bonds is 7. The van der Waals surface area contributed by atoms with Gasteiger partial charge in [-0.2, -0.15) is 0 Å². The zero-order valence-electron chi connectivity index (χ0n) is 16.1. The van der Waals surface area contributed by atoms with Crippen LogP contribution in [0.3, 0.4) is 0 Å². The lowest BCUT2D eigenvalue weighted by molar-refractivity contribution is 0.0696. The molecule has 0 spiro atoms. The van der Waals surface area contributed by atoms with Crippen LogP contribution in [-0.4, -0.2) is 30.0 Å². The molecule has 2 amide bonds. The van der Waals surface area contributed by atoms with Crippen LogP contribution >= 0.6 is 34.5 Å². The number of hydrogen-bond acceptors (Lipinski definition) is 5. The quantitative estimate of drug-likeness (QED) is 0.445. The fraction of sp³-hybridized carbons (Fsp3) is 0.0952. The molecule has 3 aromatic rings. The molecule has 0 radical (unpaired) electrons. The summed E-state index contributed by atoms with van der Waals surface area (Å²) >= 11 is 13.2. The number of methoxy groups -OCH3 is 1. The maximum atomic E-state index is 12.7. The van der Waals surface area contributed by atoms with Gasteiger partial charge in [0.2, 0.25) is 0 Å². The number of benzene rings is 2. The molecule has 0 bridgehead atoms. The van der Waals surface area contributed by atoms with Crippen molar-refractivity contribution in [3.05, 3.63) is 80.1 Å². The Bertz CT molecular complexity index is 1150. The highest BCUT2D eigenvalue weighted by Gasteiger charge is 2.18. The summed E-state index contributed by atoms with van der Waals surface area (Å²) in [5, 5.41) is 15.1. The molecule has 3 rings (SSSR count). The molecule has 10 heteroatoms. The first-order valence-electron chi connectivity index (χ1n) is 8.83. The number of carboxylic acid groups (broad SMARTS) is 1. The third-order valence-electron chi connectivity index (χ3n) is 4.24. The molecule has 0 fully saturated rings. The fourth-order valence-corrected chi connectivity index (χ4v) is 4.06. The molecule has 2 aromatic carbocycles. The summed E-state index contributed by atoms with van der Waals surface area (Å²) in [5.74, 6) is -1.48. The molecule has 0 atom stereocenters. The van der Waals surface area contributed by atoms with Crippen molar-refractivity contribution in [2.24, 2.45) is 0 Å². The summed E-state index contributed by atoms with van der Waals surface area (Å²) in [7, 11) is 1.51. The maximum absolute atomic E-state index is 12.7. The number of amides is 2. The van der Waals surface area contributed by atoms with E-state index in [1.54, 1.807) is 18.2 Å². The second kappa shape index (κ2) is 9.82. The van der Waals surface area contributed by atoms with E-state index in [1.165, 1.54) is 37.4 Å². The number of thiophene rings is 1. The highest BCUT2D eigenvalue weighted by atomic mass is 35.5. The highest BCUT2D eigenvalue weighted by molar-refractivity contribution is 7.20. The number of carboxylic acids is 1. The molecule has 0 unspecified atom stereocenters. The number of anilines is 1. The topological polar surface area (TPSA) is 105 Å². The number of nitrogens with one attached hydrogen (secondary N) is 2. The van der Waals surface area contributed by atoms with Crippen LogP contribution in [0.1, 0.15) is 36.6 Å². The van der Waals surface area contributed by atoms with Gasteiger partial charge in [-0.25, -0.2) is 4.79 Å². The minimum absolute atomic E-state index is 0.0643. The number of halogens is 2. The van der Waals surface area contributed by atoms with Crippen LogP contribution in [0.25, 0.3) is 0 Å². The average molecular weight is 479 g/mol. The van der Waals surface area contributed by atoms with Crippen molar-refractivity contribution in [2.75, 3.05) is 12.4 Å². The summed E-state index contributed by atoms with van der Waals surface area (Å²) in [4.78, 5) is 36.1. The van der Waals surface area contributed by atoms with E-state index in [4.69, 9.17) is 33.0 Å². The molecule has 0 saturated heterocycles. The Kier molecular flexibility index (Phi) is 7.17. The van der Waals surface area contributed by atoms with Gasteiger partial charge in [0.05, 0.1) is 27.6 Å². The number of carbonyl (C=O) groups is 3. The van der Waals surface area contributed by atoms with Gasteiger partial charge in [0.25, 0.3) is 11.8 Å². The van der Waals surface area contributed by atoms with Gasteiger partial charge in [0.1, 0.15) is 10.8 Å². The molecule has 1 heterocycles. The highest BCUT2D eigenvalue weighted by Crippen LogP contribution is 2.32. The summed E-state index contributed by atoms with van der Waals surface area (Å²) in [6.45, 7) is 0.208. The van der Waals surface area contributed by atoms with Crippen LogP contribution in [0.2, 0.25) is 9.36 Å². The minimum Gasteiger partial charge on any atom is -0.495 e. The third-order valence-corrected chi connectivity index (χ3v) is 5.71. The Morgan fingerprint density at radius 3 is 2.29 bits per heavy atom. The van der Waals surface area contributed by atoms with Crippen LogP contribution in [0, 0.1) is 0 Å². The van der Waals surface area contributed by atoms with Crippen molar-refractivity contribution in [3.63, 3.8) is 0 Å². The Labute approximate surface area is 191 Å². The van der Waals surface area contributed by atoms with Gasteiger partial charge in [-0.1, -0.05) is 29.3 Å². The first-order valence-corrected chi connectivity index (χ1v) is 10.4. The Morgan fingerprint density at radius 2 is 1.68 bits per heavy atom. The third kappa shape index (κ3) is 5.55. The number of ether oxygens (including phenoxy) is 1. The van der Waals surface area contributed by atoms with Crippen molar-refractivity contribution in [1.82, 2.24) is 5.32 Å². The molecular weight excluding hydrogens is 463 g/mol. The smallest absolute Gasteiger partial charge is 0.335 e. The molecular formula is C21H16Cl2N2O5S. The van der Waals surface area contributed by atoms with Gasteiger partial charge in [-0.3, -0.25) is 9.59 Å². The molecule has 3 N–H and O–H groups in total. The van der Waals surface area contributed by atoms with Gasteiger partial charge >= 0.3 is 5.97 Å². The van der Waals surface area contributed by atoms with Gasteiger partial charge in [0.15, 0.2) is 0 Å². The Hall–Kier alpha value is -3.07. The summed E-state index contributed by atoms with van der Waals surface area (Å²) in [5.41, 5.74) is 1.29. The van der Waals surface area contributed by atoms with E-state index in [9.17, 15) is 14.4 Å². The molecule has 0 aliphatic rings. The van der Waals surface area contributed by atoms with E-state index < -0.39 is 17.8 Å². The summed E-state index contributed by atoms with van der Waals surface area (Å²) in [6.07, 6.45) is 0. The monoisotopic (exact) mass is 478 g/mol. The lowest BCUT2D eigenvalue weighted by atomic mass is 10.1. The van der Waals surface area contributed by atoms with Gasteiger partial charge < -0.3 is 20.5 Å². The van der Waals surface area contributed by atoms with Crippen molar-refractivity contribution in [2.45, 2.75) is 6.54 Å². The normalized spacial score (nSPS) is 10.4. The van der Waals surface area contributed by atoms with Crippen molar-refractivity contribution < 1.29 is 24.2 Å². The Balaban J connectivity index is 1.70. The fourth-order valence-electron chi connectivity index (χ4n) is 2.66. The van der Waals surface area contributed by atoms with Crippen LogP contribution in [0.5, 0.6) is 5.75 Å². The van der Waals surface area contributed by atoms with Crippen LogP contribution in [0.4, 0.5) is 5.00 Å². The predicted molar refractivity (Wildman–Crippen MR) is 120 cm³/mol. The van der Waals surface area contributed by atoms with Crippen molar-refractivity contribution >= 4 is 57.3 Å². The summed E-state index contributed by atoms with van der Waals surface area (Å²) in [6, 6.07) is 12.1. The number of aromatic carboxylic acids is 1. The number of hydrogen-bond donors (Lipinski definition) is 3. The zero-order valence-corrected chi connectivity index (χ0v) is 18.4. The zero-order chi connectivity index (χ0) is 22.5. The van der Waals surface area contributed by atoms with E-state index >= 15 is 0 Å². The van der Waals surface area contributed by atoms with Gasteiger partial charge in [-0.05, 0) is 48.0 Å². The van der Waals surface area contributed by atoms with Gasteiger partial charge in [-0.15, -0.1) is 11.3 Å².